The molecule has 1 heterocycles. The van der Waals surface area contributed by atoms with Crippen molar-refractivity contribution in [3.05, 3.63) is 0 Å². The molecule has 0 spiro atoms. The SMILES string of the molecule is CC(CN1CCCNC(C)(C2CC2)C1)C1CC1. The fourth-order valence-electron chi connectivity index (χ4n) is 3.65. The molecule has 0 radical (unpaired) electrons. The van der Waals surface area contributed by atoms with Gasteiger partial charge in [0.25, 0.3) is 0 Å². The lowest BCUT2D eigenvalue weighted by Crippen LogP contribution is -2.51. The molecule has 98 valence electrons. The molecule has 2 atom stereocenters. The Morgan fingerprint density at radius 2 is 2.06 bits per heavy atom. The highest BCUT2D eigenvalue weighted by molar-refractivity contribution is 5.01. The molecule has 0 bridgehead atoms. The van der Waals surface area contributed by atoms with Crippen molar-refractivity contribution >= 4 is 0 Å². The van der Waals surface area contributed by atoms with Crippen LogP contribution in [-0.4, -0.2) is 36.6 Å². The zero-order valence-corrected chi connectivity index (χ0v) is 11.5. The third-order valence-corrected chi connectivity index (χ3v) is 5.18. The van der Waals surface area contributed by atoms with Gasteiger partial charge in [-0.3, -0.25) is 0 Å². The Kier molecular flexibility index (Phi) is 3.20. The lowest BCUT2D eigenvalue weighted by Gasteiger charge is -2.35. The summed E-state index contributed by atoms with van der Waals surface area (Å²) in [7, 11) is 0. The van der Waals surface area contributed by atoms with Gasteiger partial charge in [-0.05, 0) is 69.9 Å². The number of rotatable bonds is 4. The summed E-state index contributed by atoms with van der Waals surface area (Å²) >= 11 is 0. The van der Waals surface area contributed by atoms with E-state index in [0.717, 1.165) is 17.8 Å². The van der Waals surface area contributed by atoms with Crippen molar-refractivity contribution < 1.29 is 0 Å². The molecule has 3 fully saturated rings. The van der Waals surface area contributed by atoms with Crippen LogP contribution in [0.2, 0.25) is 0 Å². The van der Waals surface area contributed by atoms with E-state index in [1.807, 2.05) is 0 Å². The van der Waals surface area contributed by atoms with Gasteiger partial charge in [-0.2, -0.15) is 0 Å². The van der Waals surface area contributed by atoms with Crippen LogP contribution in [0.5, 0.6) is 0 Å². The van der Waals surface area contributed by atoms with Gasteiger partial charge in [0.15, 0.2) is 0 Å². The van der Waals surface area contributed by atoms with Crippen molar-refractivity contribution in [2.45, 2.75) is 51.5 Å². The molecule has 2 saturated carbocycles. The molecule has 2 nitrogen and oxygen atoms in total. The third kappa shape index (κ3) is 2.85. The maximum absolute atomic E-state index is 3.83. The number of nitrogens with one attached hydrogen (secondary N) is 1. The quantitative estimate of drug-likeness (QED) is 0.807. The molecular weight excluding hydrogens is 208 g/mol. The Labute approximate surface area is 106 Å². The smallest absolute Gasteiger partial charge is 0.0308 e. The average molecular weight is 236 g/mol. The Morgan fingerprint density at radius 3 is 2.71 bits per heavy atom. The molecule has 1 N–H and O–H groups in total. The minimum atomic E-state index is 0.416. The van der Waals surface area contributed by atoms with Crippen LogP contribution in [-0.2, 0) is 0 Å². The Bertz CT molecular complexity index is 270. The summed E-state index contributed by atoms with van der Waals surface area (Å²) in [5, 5.41) is 3.83. The van der Waals surface area contributed by atoms with Crippen LogP contribution >= 0.6 is 0 Å². The first-order chi connectivity index (χ1) is 8.17. The normalized spacial score (nSPS) is 37.8. The summed E-state index contributed by atoms with van der Waals surface area (Å²) in [5.74, 6) is 2.94. The van der Waals surface area contributed by atoms with Crippen LogP contribution in [0.4, 0.5) is 0 Å². The first kappa shape index (κ1) is 12.0. The predicted octanol–water partition coefficient (Wildman–Crippen LogP) is 2.50. The van der Waals surface area contributed by atoms with E-state index in [1.54, 1.807) is 0 Å². The fraction of sp³-hybridized carbons (Fsp3) is 1.00. The summed E-state index contributed by atoms with van der Waals surface area (Å²) in [6, 6.07) is 0. The van der Waals surface area contributed by atoms with E-state index in [0.29, 0.717) is 5.54 Å². The van der Waals surface area contributed by atoms with E-state index in [2.05, 4.69) is 24.1 Å². The minimum Gasteiger partial charge on any atom is -0.310 e. The molecule has 2 aliphatic carbocycles. The largest absolute Gasteiger partial charge is 0.310 e. The van der Waals surface area contributed by atoms with E-state index in [-0.39, 0.29) is 0 Å². The first-order valence-electron chi connectivity index (χ1n) is 7.65. The van der Waals surface area contributed by atoms with E-state index < -0.39 is 0 Å². The summed E-state index contributed by atoms with van der Waals surface area (Å²) in [5.41, 5.74) is 0.416. The van der Waals surface area contributed by atoms with Crippen LogP contribution < -0.4 is 5.32 Å². The Hall–Kier alpha value is -0.0800. The Balaban J connectivity index is 1.58. The molecule has 2 unspecified atom stereocenters. The molecule has 0 aromatic rings. The van der Waals surface area contributed by atoms with Crippen LogP contribution in [0.15, 0.2) is 0 Å². The summed E-state index contributed by atoms with van der Waals surface area (Å²) in [6.07, 6.45) is 7.23. The number of nitrogens with zero attached hydrogens (tertiary/aromatic N) is 1. The topological polar surface area (TPSA) is 15.3 Å². The highest BCUT2D eigenvalue weighted by Crippen LogP contribution is 2.41. The average Bonchev–Trinajstić information content (AvgIpc) is 3.16. The van der Waals surface area contributed by atoms with Gasteiger partial charge < -0.3 is 10.2 Å². The number of hydrogen-bond donors (Lipinski definition) is 1. The molecule has 0 aromatic heterocycles. The van der Waals surface area contributed by atoms with Gasteiger partial charge in [-0.15, -0.1) is 0 Å². The summed E-state index contributed by atoms with van der Waals surface area (Å²) < 4.78 is 0. The van der Waals surface area contributed by atoms with Gasteiger partial charge in [0.05, 0.1) is 0 Å². The second kappa shape index (κ2) is 4.55. The molecule has 17 heavy (non-hydrogen) atoms. The molecule has 3 rings (SSSR count). The van der Waals surface area contributed by atoms with Crippen molar-refractivity contribution in [3.8, 4) is 0 Å². The standard InChI is InChI=1S/C15H28N2/c1-12(13-4-5-13)10-17-9-3-8-16-15(2,11-17)14-6-7-14/h12-14,16H,3-11H2,1-2H3. The lowest BCUT2D eigenvalue weighted by atomic mass is 9.94. The molecule has 2 heteroatoms. The van der Waals surface area contributed by atoms with Crippen molar-refractivity contribution in [1.29, 1.82) is 0 Å². The number of hydrogen-bond acceptors (Lipinski definition) is 2. The summed E-state index contributed by atoms with van der Waals surface area (Å²) in [6.45, 7) is 10.1. The van der Waals surface area contributed by atoms with E-state index >= 15 is 0 Å². The van der Waals surface area contributed by atoms with E-state index in [9.17, 15) is 0 Å². The maximum atomic E-state index is 3.83. The van der Waals surface area contributed by atoms with Gasteiger partial charge in [0.1, 0.15) is 0 Å². The van der Waals surface area contributed by atoms with Gasteiger partial charge in [-0.25, -0.2) is 0 Å². The molecule has 1 aliphatic heterocycles. The highest BCUT2D eigenvalue weighted by atomic mass is 15.2. The zero-order valence-electron chi connectivity index (χ0n) is 11.5. The van der Waals surface area contributed by atoms with Gasteiger partial charge in [0.2, 0.25) is 0 Å². The van der Waals surface area contributed by atoms with E-state index in [4.69, 9.17) is 0 Å². The molecular formula is C15H28N2. The van der Waals surface area contributed by atoms with Crippen molar-refractivity contribution in [3.63, 3.8) is 0 Å². The molecule has 0 amide bonds. The van der Waals surface area contributed by atoms with Crippen LogP contribution in [0.3, 0.4) is 0 Å². The van der Waals surface area contributed by atoms with Crippen LogP contribution in [0.1, 0.15) is 46.0 Å². The molecule has 1 saturated heterocycles. The summed E-state index contributed by atoms with van der Waals surface area (Å²) in [4.78, 5) is 2.75. The van der Waals surface area contributed by atoms with E-state index in [1.165, 1.54) is 58.3 Å². The van der Waals surface area contributed by atoms with Crippen LogP contribution in [0, 0.1) is 17.8 Å². The van der Waals surface area contributed by atoms with Gasteiger partial charge >= 0.3 is 0 Å². The fourth-order valence-corrected chi connectivity index (χ4v) is 3.65. The van der Waals surface area contributed by atoms with Crippen molar-refractivity contribution in [2.75, 3.05) is 26.2 Å². The monoisotopic (exact) mass is 236 g/mol. The zero-order chi connectivity index (χ0) is 11.9. The lowest BCUT2D eigenvalue weighted by molar-refractivity contribution is 0.175. The van der Waals surface area contributed by atoms with Crippen LogP contribution in [0.25, 0.3) is 0 Å². The van der Waals surface area contributed by atoms with Gasteiger partial charge in [-0.1, -0.05) is 6.92 Å². The maximum Gasteiger partial charge on any atom is 0.0308 e. The minimum absolute atomic E-state index is 0.416. The molecule has 3 aliphatic rings. The van der Waals surface area contributed by atoms with Crippen molar-refractivity contribution in [1.82, 2.24) is 10.2 Å². The first-order valence-corrected chi connectivity index (χ1v) is 7.65. The predicted molar refractivity (Wildman–Crippen MR) is 72.1 cm³/mol. The molecule has 0 aromatic carbocycles. The highest BCUT2D eigenvalue weighted by Gasteiger charge is 2.43. The third-order valence-electron chi connectivity index (χ3n) is 5.18. The second-order valence-corrected chi connectivity index (χ2v) is 7.02. The van der Waals surface area contributed by atoms with Crippen molar-refractivity contribution in [2.24, 2.45) is 17.8 Å². The second-order valence-electron chi connectivity index (χ2n) is 7.02. The van der Waals surface area contributed by atoms with Gasteiger partial charge in [0, 0.05) is 18.6 Å². The Morgan fingerprint density at radius 1 is 1.29 bits per heavy atom.